The molecule has 10 heteroatoms. The molecule has 0 radical (unpaired) electrons. The molecule has 0 saturated heterocycles. The lowest BCUT2D eigenvalue weighted by atomic mass is 10.0. The molecular weight excluding hydrogens is 644 g/mol. The molecule has 4 amide bonds. The summed E-state index contributed by atoms with van der Waals surface area (Å²) in [7, 11) is 1.74. The predicted molar refractivity (Wildman–Crippen MR) is 201 cm³/mol. The highest BCUT2D eigenvalue weighted by molar-refractivity contribution is 6.02. The molecule has 51 heavy (non-hydrogen) atoms. The van der Waals surface area contributed by atoms with Gasteiger partial charge < -0.3 is 35.0 Å². The summed E-state index contributed by atoms with van der Waals surface area (Å²) >= 11 is 0. The Balaban J connectivity index is 1.37. The molecule has 1 aliphatic heterocycles. The molecule has 270 valence electrons. The average molecular weight is 695 g/mol. The number of aliphatic hydroxyl groups excluding tert-OH is 1. The first-order valence-electron chi connectivity index (χ1n) is 17.8. The Morgan fingerprint density at radius 3 is 2.49 bits per heavy atom. The average Bonchev–Trinajstić information content (AvgIpc) is 3.13. The summed E-state index contributed by atoms with van der Waals surface area (Å²) < 4.78 is 12.8. The Morgan fingerprint density at radius 1 is 0.961 bits per heavy atom. The van der Waals surface area contributed by atoms with Crippen molar-refractivity contribution < 1.29 is 29.0 Å². The van der Waals surface area contributed by atoms with Gasteiger partial charge in [0.25, 0.3) is 5.91 Å². The van der Waals surface area contributed by atoms with Crippen LogP contribution in [0.4, 0.5) is 16.2 Å². The van der Waals surface area contributed by atoms with Gasteiger partial charge in [-0.2, -0.15) is 0 Å². The fourth-order valence-electron chi connectivity index (χ4n) is 6.35. The molecule has 10 nitrogen and oxygen atoms in total. The van der Waals surface area contributed by atoms with E-state index in [0.29, 0.717) is 30.2 Å². The number of benzene rings is 4. The van der Waals surface area contributed by atoms with Gasteiger partial charge in [0.15, 0.2) is 0 Å². The number of amides is 4. The lowest BCUT2D eigenvalue weighted by Gasteiger charge is -2.35. The zero-order valence-corrected chi connectivity index (χ0v) is 30.0. The minimum absolute atomic E-state index is 0.180. The third-order valence-corrected chi connectivity index (χ3v) is 9.37. The van der Waals surface area contributed by atoms with Crippen LogP contribution >= 0.6 is 0 Å². The van der Waals surface area contributed by atoms with Gasteiger partial charge in [-0.25, -0.2) is 4.79 Å². The minimum atomic E-state index is -0.525. The largest absolute Gasteiger partial charge is 0.490 e. The van der Waals surface area contributed by atoms with Gasteiger partial charge in [-0.15, -0.1) is 0 Å². The highest BCUT2D eigenvalue weighted by Crippen LogP contribution is 2.29. The number of fused-ring (bicyclic) bond motifs is 2. The standard InChI is InChI=1S/C41H50N4O6/c1-28-25-45(29(2)27-46)40(48)35-24-33(42-39(47)23-31-14-6-5-7-15-31)20-21-37(35)51-30(3)13-10-11-22-50-38(28)26-44(4)41(49)43-36-19-12-17-32-16-8-9-18-34(32)36/h5-9,12,14-21,24,28-30,38,46H,10-11,13,22-23,25-27H2,1-4H3,(H,42,47)(H,43,49)/t28-,29-,30+,38+/m0/s1. The Bertz CT molecular complexity index is 1780. The molecule has 0 fully saturated rings. The van der Waals surface area contributed by atoms with Crippen molar-refractivity contribution in [1.29, 1.82) is 0 Å². The first-order chi connectivity index (χ1) is 24.6. The number of urea groups is 1. The SMILES string of the molecule is C[C@@H]1CCCCO[C@H](CN(C)C(=O)Nc2cccc3ccccc23)[C@@H](C)CN([C@@H](C)CO)C(=O)c2cc(NC(=O)Cc3ccccc3)ccc2O1. The summed E-state index contributed by atoms with van der Waals surface area (Å²) in [5.41, 5.74) is 2.38. The summed E-state index contributed by atoms with van der Waals surface area (Å²) in [5, 5.41) is 18.3. The van der Waals surface area contributed by atoms with Gasteiger partial charge in [0, 0.05) is 43.7 Å². The van der Waals surface area contributed by atoms with Crippen molar-refractivity contribution in [3.63, 3.8) is 0 Å². The lowest BCUT2D eigenvalue weighted by Crippen LogP contribution is -2.48. The maximum Gasteiger partial charge on any atom is 0.321 e. The molecule has 4 atom stereocenters. The first kappa shape index (κ1) is 37.3. The fourth-order valence-corrected chi connectivity index (χ4v) is 6.35. The zero-order chi connectivity index (χ0) is 36.3. The Kier molecular flexibility index (Phi) is 13.0. The number of likely N-dealkylation sites (N-methyl/N-ethyl adjacent to an activating group) is 1. The fraction of sp³-hybridized carbons (Fsp3) is 0.390. The minimum Gasteiger partial charge on any atom is -0.490 e. The Labute approximate surface area is 300 Å². The molecule has 4 aromatic rings. The molecule has 0 aromatic heterocycles. The van der Waals surface area contributed by atoms with Gasteiger partial charge in [-0.3, -0.25) is 9.59 Å². The smallest absolute Gasteiger partial charge is 0.321 e. The van der Waals surface area contributed by atoms with Crippen molar-refractivity contribution in [3.05, 3.63) is 102 Å². The van der Waals surface area contributed by atoms with Crippen molar-refractivity contribution in [2.45, 2.75) is 64.7 Å². The summed E-state index contributed by atoms with van der Waals surface area (Å²) in [6.45, 7) is 6.55. The molecule has 0 aliphatic carbocycles. The third kappa shape index (κ3) is 10.1. The van der Waals surface area contributed by atoms with Crippen LogP contribution < -0.4 is 15.4 Å². The van der Waals surface area contributed by atoms with Crippen molar-refractivity contribution >= 4 is 40.0 Å². The van der Waals surface area contributed by atoms with Gasteiger partial charge >= 0.3 is 6.03 Å². The van der Waals surface area contributed by atoms with E-state index in [0.717, 1.165) is 41.3 Å². The summed E-state index contributed by atoms with van der Waals surface area (Å²) in [6, 6.07) is 27.5. The number of rotatable bonds is 8. The van der Waals surface area contributed by atoms with E-state index in [-0.39, 0.29) is 49.4 Å². The number of hydrogen-bond donors (Lipinski definition) is 3. The number of ether oxygens (including phenoxy) is 2. The van der Waals surface area contributed by atoms with Crippen LogP contribution in [-0.2, 0) is 16.0 Å². The quantitative estimate of drug-likeness (QED) is 0.183. The highest BCUT2D eigenvalue weighted by atomic mass is 16.5. The van der Waals surface area contributed by atoms with Crippen molar-refractivity contribution in [2.24, 2.45) is 5.92 Å². The number of carbonyl (C=O) groups excluding carboxylic acids is 3. The van der Waals surface area contributed by atoms with E-state index in [4.69, 9.17) is 9.47 Å². The van der Waals surface area contributed by atoms with Gasteiger partial charge in [-0.05, 0) is 68.3 Å². The van der Waals surface area contributed by atoms with E-state index < -0.39 is 12.1 Å². The monoisotopic (exact) mass is 694 g/mol. The zero-order valence-electron chi connectivity index (χ0n) is 30.0. The molecular formula is C41H50N4O6. The van der Waals surface area contributed by atoms with Crippen LogP contribution in [0.3, 0.4) is 0 Å². The lowest BCUT2D eigenvalue weighted by molar-refractivity contribution is -0.115. The first-order valence-corrected chi connectivity index (χ1v) is 17.8. The number of carbonyl (C=O) groups is 3. The third-order valence-electron chi connectivity index (χ3n) is 9.37. The van der Waals surface area contributed by atoms with Crippen LogP contribution in [0.25, 0.3) is 10.8 Å². The van der Waals surface area contributed by atoms with Gasteiger partial charge in [-0.1, -0.05) is 73.7 Å². The van der Waals surface area contributed by atoms with Crippen LogP contribution in [0, 0.1) is 5.92 Å². The number of nitrogens with zero attached hydrogens (tertiary/aromatic N) is 2. The predicted octanol–water partition coefficient (Wildman–Crippen LogP) is 6.98. The molecule has 3 N–H and O–H groups in total. The summed E-state index contributed by atoms with van der Waals surface area (Å²) in [6.07, 6.45) is 2.02. The van der Waals surface area contributed by atoms with Gasteiger partial charge in [0.2, 0.25) is 5.91 Å². The molecule has 0 unspecified atom stereocenters. The Morgan fingerprint density at radius 2 is 1.71 bits per heavy atom. The van der Waals surface area contributed by atoms with E-state index in [1.807, 2.05) is 86.6 Å². The topological polar surface area (TPSA) is 120 Å². The van der Waals surface area contributed by atoms with Crippen LogP contribution in [0.5, 0.6) is 5.75 Å². The molecule has 5 rings (SSSR count). The van der Waals surface area contributed by atoms with Crippen molar-refractivity contribution in [1.82, 2.24) is 9.80 Å². The van der Waals surface area contributed by atoms with Crippen molar-refractivity contribution in [2.75, 3.05) is 44.0 Å². The van der Waals surface area contributed by atoms with Crippen LogP contribution in [-0.4, -0.2) is 84.4 Å². The number of aliphatic hydroxyl groups is 1. The summed E-state index contributed by atoms with van der Waals surface area (Å²) in [5.74, 6) is -0.323. The second kappa shape index (κ2) is 17.8. The highest BCUT2D eigenvalue weighted by Gasteiger charge is 2.31. The second-order valence-electron chi connectivity index (χ2n) is 13.6. The van der Waals surface area contributed by atoms with Crippen LogP contribution in [0.15, 0.2) is 91.0 Å². The van der Waals surface area contributed by atoms with E-state index in [2.05, 4.69) is 10.6 Å². The van der Waals surface area contributed by atoms with E-state index >= 15 is 0 Å². The van der Waals surface area contributed by atoms with E-state index in [1.54, 1.807) is 42.0 Å². The number of anilines is 2. The second-order valence-corrected chi connectivity index (χ2v) is 13.6. The van der Waals surface area contributed by atoms with Gasteiger partial charge in [0.1, 0.15) is 5.75 Å². The molecule has 1 heterocycles. The Hall–Kier alpha value is -4.93. The molecule has 4 aromatic carbocycles. The number of hydrogen-bond acceptors (Lipinski definition) is 6. The van der Waals surface area contributed by atoms with Crippen LogP contribution in [0.1, 0.15) is 56.0 Å². The van der Waals surface area contributed by atoms with Crippen LogP contribution in [0.2, 0.25) is 0 Å². The molecule has 1 aliphatic rings. The summed E-state index contributed by atoms with van der Waals surface area (Å²) in [4.78, 5) is 44.1. The number of nitrogens with one attached hydrogen (secondary N) is 2. The van der Waals surface area contributed by atoms with Gasteiger partial charge in [0.05, 0.1) is 42.5 Å². The van der Waals surface area contributed by atoms with Crippen molar-refractivity contribution in [3.8, 4) is 5.75 Å². The molecule has 0 spiro atoms. The van der Waals surface area contributed by atoms with E-state index in [9.17, 15) is 19.5 Å². The molecule has 0 bridgehead atoms. The van der Waals surface area contributed by atoms with E-state index in [1.165, 1.54) is 0 Å². The normalized spacial score (nSPS) is 19.3. The maximum absolute atomic E-state index is 14.4. The molecule has 0 saturated carbocycles. The maximum atomic E-state index is 14.4.